The zero-order valence-electron chi connectivity index (χ0n) is 14.0. The van der Waals surface area contributed by atoms with E-state index < -0.39 is 36.1 Å². The molecule has 1 saturated heterocycles. The van der Waals surface area contributed by atoms with Crippen LogP contribution in [0.4, 0.5) is 19.3 Å². The van der Waals surface area contributed by atoms with E-state index in [2.05, 4.69) is 0 Å². The van der Waals surface area contributed by atoms with E-state index in [9.17, 15) is 28.6 Å². The molecule has 2 aliphatic rings. The van der Waals surface area contributed by atoms with Crippen LogP contribution in [-0.4, -0.2) is 59.4 Å². The van der Waals surface area contributed by atoms with Gasteiger partial charge in [0.05, 0.1) is 19.2 Å². The maximum atomic E-state index is 12.2. The molecule has 2 heterocycles. The Kier molecular flexibility index (Phi) is 5.98. The summed E-state index contributed by atoms with van der Waals surface area (Å²) in [6, 6.07) is 6.81. The highest BCUT2D eigenvalue weighted by atomic mass is 32.2. The predicted octanol–water partition coefficient (Wildman–Crippen LogP) is 1.42. The molecule has 0 spiro atoms. The molecule has 10 heteroatoms. The first-order valence-electron chi connectivity index (χ1n) is 8.19. The van der Waals surface area contributed by atoms with Crippen molar-refractivity contribution in [2.75, 3.05) is 18.0 Å². The number of nitrogens with zero attached hydrogens (tertiary/aromatic N) is 1. The van der Waals surface area contributed by atoms with Crippen LogP contribution in [0.2, 0.25) is 0 Å². The number of anilines is 1. The second-order valence-electron chi connectivity index (χ2n) is 6.13. The fraction of sp³-hybridized carbons (Fsp3) is 0.412. The average molecular weight is 400 g/mol. The minimum atomic E-state index is -3.12. The molecular formula is C17H18F2N2O5S. The van der Waals surface area contributed by atoms with E-state index >= 15 is 0 Å². The minimum absolute atomic E-state index is 0.114. The third kappa shape index (κ3) is 4.40. The van der Waals surface area contributed by atoms with Crippen molar-refractivity contribution in [1.82, 2.24) is 5.32 Å². The van der Waals surface area contributed by atoms with Gasteiger partial charge < -0.3 is 20.3 Å². The van der Waals surface area contributed by atoms with Crippen LogP contribution in [0.3, 0.4) is 0 Å². The van der Waals surface area contributed by atoms with Gasteiger partial charge in [0, 0.05) is 11.6 Å². The summed E-state index contributed by atoms with van der Waals surface area (Å²) >= 11 is 1.14. The van der Waals surface area contributed by atoms with E-state index in [4.69, 9.17) is 4.74 Å². The number of nitrogens with one attached hydrogen (secondary N) is 1. The maximum Gasteiger partial charge on any atom is 0.414 e. The third-order valence-electron chi connectivity index (χ3n) is 4.33. The molecule has 2 amide bonds. The van der Waals surface area contributed by atoms with Crippen LogP contribution in [0.15, 0.2) is 35.7 Å². The van der Waals surface area contributed by atoms with E-state index in [0.29, 0.717) is 5.69 Å². The van der Waals surface area contributed by atoms with E-state index in [1.165, 1.54) is 4.90 Å². The van der Waals surface area contributed by atoms with Gasteiger partial charge in [-0.2, -0.15) is 8.78 Å². The number of carbonyl (C=O) groups is 2. The molecule has 0 aliphatic carbocycles. The lowest BCUT2D eigenvalue weighted by Gasteiger charge is -2.27. The van der Waals surface area contributed by atoms with E-state index in [0.717, 1.165) is 17.3 Å². The van der Waals surface area contributed by atoms with Crippen molar-refractivity contribution >= 4 is 29.4 Å². The van der Waals surface area contributed by atoms with Gasteiger partial charge in [-0.25, -0.2) is 4.79 Å². The topological polar surface area (TPSA) is 99.1 Å². The lowest BCUT2D eigenvalue weighted by atomic mass is 9.93. The average Bonchev–Trinajstić information content (AvgIpc) is 3.03. The number of cyclic esters (lactones) is 1. The van der Waals surface area contributed by atoms with Crippen LogP contribution in [0.5, 0.6) is 0 Å². The Morgan fingerprint density at radius 3 is 2.70 bits per heavy atom. The molecule has 7 nitrogen and oxygen atoms in total. The molecule has 2 aliphatic heterocycles. The molecule has 0 bridgehead atoms. The van der Waals surface area contributed by atoms with E-state index in [-0.39, 0.29) is 19.0 Å². The summed E-state index contributed by atoms with van der Waals surface area (Å²) in [5, 5.41) is 23.6. The van der Waals surface area contributed by atoms with E-state index in [1.54, 1.807) is 35.7 Å². The van der Waals surface area contributed by atoms with Crippen LogP contribution >= 0.6 is 11.8 Å². The van der Waals surface area contributed by atoms with Gasteiger partial charge >= 0.3 is 12.5 Å². The summed E-state index contributed by atoms with van der Waals surface area (Å²) in [7, 11) is 0. The molecule has 4 atom stereocenters. The SMILES string of the molecule is O=C(NC[C@H]1CN(c2ccc(C3C=CSC(O)C3O)cc2)C(=O)O1)C(F)F. The Balaban J connectivity index is 1.63. The molecule has 0 saturated carbocycles. The summed E-state index contributed by atoms with van der Waals surface area (Å²) in [6.45, 7) is -0.0822. The predicted molar refractivity (Wildman–Crippen MR) is 94.6 cm³/mol. The molecule has 3 unspecified atom stereocenters. The van der Waals surface area contributed by atoms with Gasteiger partial charge in [-0.1, -0.05) is 18.2 Å². The fourth-order valence-electron chi connectivity index (χ4n) is 2.90. The van der Waals surface area contributed by atoms with Gasteiger partial charge in [-0.15, -0.1) is 11.8 Å². The van der Waals surface area contributed by atoms with Crippen molar-refractivity contribution in [1.29, 1.82) is 0 Å². The molecule has 0 aromatic heterocycles. The zero-order chi connectivity index (χ0) is 19.6. The lowest BCUT2D eigenvalue weighted by Crippen LogP contribution is -2.37. The van der Waals surface area contributed by atoms with Gasteiger partial charge in [0.1, 0.15) is 11.5 Å². The van der Waals surface area contributed by atoms with Crippen molar-refractivity contribution in [3.05, 3.63) is 41.3 Å². The summed E-state index contributed by atoms with van der Waals surface area (Å²) in [4.78, 5) is 24.2. The second kappa shape index (κ2) is 8.24. The van der Waals surface area contributed by atoms with Crippen molar-refractivity contribution in [3.63, 3.8) is 0 Å². The third-order valence-corrected chi connectivity index (χ3v) is 5.20. The van der Waals surface area contributed by atoms with Crippen molar-refractivity contribution < 1.29 is 33.3 Å². The van der Waals surface area contributed by atoms with Gasteiger partial charge in [0.15, 0.2) is 0 Å². The minimum Gasteiger partial charge on any atom is -0.442 e. The molecule has 1 aromatic rings. The van der Waals surface area contributed by atoms with Crippen LogP contribution in [0.1, 0.15) is 11.5 Å². The number of halogens is 2. The molecule has 0 radical (unpaired) electrons. The number of ether oxygens (including phenoxy) is 1. The van der Waals surface area contributed by atoms with Gasteiger partial charge in [-0.05, 0) is 23.1 Å². The Labute approximate surface area is 158 Å². The number of hydrogen-bond donors (Lipinski definition) is 3. The molecule has 3 N–H and O–H groups in total. The molecule has 1 fully saturated rings. The lowest BCUT2D eigenvalue weighted by molar-refractivity contribution is -0.132. The largest absolute Gasteiger partial charge is 0.442 e. The number of carbonyl (C=O) groups excluding carboxylic acids is 2. The van der Waals surface area contributed by atoms with Gasteiger partial charge in [0.2, 0.25) is 0 Å². The van der Waals surface area contributed by atoms with Crippen molar-refractivity contribution in [2.45, 2.75) is 30.0 Å². The monoisotopic (exact) mass is 400 g/mol. The summed E-state index contributed by atoms with van der Waals surface area (Å²) in [5.74, 6) is -1.77. The number of aliphatic hydroxyl groups is 2. The van der Waals surface area contributed by atoms with Crippen molar-refractivity contribution in [2.24, 2.45) is 0 Å². The summed E-state index contributed by atoms with van der Waals surface area (Å²) in [6.07, 6.45) is -3.63. The molecule has 1 aromatic carbocycles. The molecule has 27 heavy (non-hydrogen) atoms. The van der Waals surface area contributed by atoms with E-state index in [1.807, 2.05) is 5.32 Å². The first-order valence-corrected chi connectivity index (χ1v) is 9.13. The maximum absolute atomic E-state index is 12.2. The Morgan fingerprint density at radius 1 is 1.33 bits per heavy atom. The van der Waals surface area contributed by atoms with Gasteiger partial charge in [0.25, 0.3) is 5.91 Å². The quantitative estimate of drug-likeness (QED) is 0.691. The number of benzene rings is 1. The Bertz CT molecular complexity index is 731. The smallest absolute Gasteiger partial charge is 0.414 e. The molecular weight excluding hydrogens is 382 g/mol. The zero-order valence-corrected chi connectivity index (χ0v) is 14.8. The summed E-state index contributed by atoms with van der Waals surface area (Å²) in [5.41, 5.74) is 0.406. The molecule has 3 rings (SSSR count). The molecule has 146 valence electrons. The highest BCUT2D eigenvalue weighted by Gasteiger charge is 2.33. The standard InChI is InChI=1S/C17H18F2N2O5S/c18-14(19)15(23)20-7-11-8-21(17(25)26-11)10-3-1-9(2-4-10)12-5-6-27-16(24)13(12)22/h1-6,11-14,16,22,24H,7-8H2,(H,20,23)/t11-,12?,13?,16?/m0/s1. The first kappa shape index (κ1) is 19.6. The highest BCUT2D eigenvalue weighted by molar-refractivity contribution is 8.02. The van der Waals surface area contributed by atoms with Crippen LogP contribution in [0, 0.1) is 0 Å². The summed E-state index contributed by atoms with van der Waals surface area (Å²) < 4.78 is 29.5. The number of rotatable bonds is 5. The number of alkyl halides is 2. The number of amides is 2. The van der Waals surface area contributed by atoms with Crippen molar-refractivity contribution in [3.8, 4) is 0 Å². The number of hydrogen-bond acceptors (Lipinski definition) is 6. The normalized spacial score (nSPS) is 27.7. The Hall–Kier alpha value is -2.17. The second-order valence-corrected chi connectivity index (χ2v) is 7.15. The van der Waals surface area contributed by atoms with Crippen LogP contribution in [0.25, 0.3) is 0 Å². The Morgan fingerprint density at radius 2 is 2.04 bits per heavy atom. The highest BCUT2D eigenvalue weighted by Crippen LogP contribution is 2.34. The van der Waals surface area contributed by atoms with Crippen LogP contribution in [-0.2, 0) is 9.53 Å². The first-order chi connectivity index (χ1) is 12.9. The van der Waals surface area contributed by atoms with Gasteiger partial charge in [-0.3, -0.25) is 9.69 Å². The fourth-order valence-corrected chi connectivity index (χ4v) is 3.65. The van der Waals surface area contributed by atoms with Crippen LogP contribution < -0.4 is 10.2 Å². The number of aliphatic hydroxyl groups excluding tert-OH is 2. The number of thioether (sulfide) groups is 1.